The van der Waals surface area contributed by atoms with Gasteiger partial charge in [0.15, 0.2) is 5.13 Å². The summed E-state index contributed by atoms with van der Waals surface area (Å²) in [6, 6.07) is 16.1. The highest BCUT2D eigenvalue weighted by atomic mass is 32.1. The number of anilines is 2. The van der Waals surface area contributed by atoms with Crippen LogP contribution in [-0.2, 0) is 16.2 Å². The number of urea groups is 1. The Morgan fingerprint density at radius 1 is 1.00 bits per heavy atom. The predicted molar refractivity (Wildman–Crippen MR) is 155 cm³/mol. The molecule has 2 fully saturated rings. The summed E-state index contributed by atoms with van der Waals surface area (Å²) >= 11 is 1.35. The Morgan fingerprint density at radius 3 is 2.48 bits per heavy atom. The average Bonchev–Trinajstić information content (AvgIpc) is 3.50. The number of thiazole rings is 1. The number of rotatable bonds is 9. The second kappa shape index (κ2) is 13.4. The van der Waals surface area contributed by atoms with Gasteiger partial charge in [0.25, 0.3) is 0 Å². The molecule has 3 aromatic rings. The zero-order chi connectivity index (χ0) is 27.7. The van der Waals surface area contributed by atoms with E-state index in [1.54, 1.807) is 40.7 Å². The molecule has 1 atom stereocenters. The molecular weight excluding hydrogens is 526 g/mol. The molecule has 2 aromatic carbocycles. The number of carbonyl (C=O) groups excluding carboxylic acids is 3. The molecule has 9 nitrogen and oxygen atoms in total. The molecule has 0 spiro atoms. The van der Waals surface area contributed by atoms with Crippen molar-refractivity contribution in [1.29, 1.82) is 0 Å². The molecule has 40 heavy (non-hydrogen) atoms. The lowest BCUT2D eigenvalue weighted by Crippen LogP contribution is -2.59. The van der Waals surface area contributed by atoms with Crippen molar-refractivity contribution in [2.75, 3.05) is 30.3 Å². The topological polar surface area (TPSA) is 104 Å². The molecule has 2 aliphatic rings. The molecule has 1 unspecified atom stereocenters. The lowest BCUT2D eigenvalue weighted by molar-refractivity contribution is -0.142. The van der Waals surface area contributed by atoms with Gasteiger partial charge in [-0.1, -0.05) is 62.4 Å². The Bertz CT molecular complexity index is 1260. The molecule has 1 aliphatic carbocycles. The Hall–Kier alpha value is -3.92. The van der Waals surface area contributed by atoms with Gasteiger partial charge in [-0.3, -0.25) is 9.59 Å². The fourth-order valence-corrected chi connectivity index (χ4v) is 5.89. The van der Waals surface area contributed by atoms with Crippen LogP contribution in [-0.4, -0.2) is 58.3 Å². The zero-order valence-corrected chi connectivity index (χ0v) is 23.3. The van der Waals surface area contributed by atoms with E-state index in [9.17, 15) is 14.4 Å². The van der Waals surface area contributed by atoms with Crippen LogP contribution in [0.2, 0.25) is 0 Å². The lowest BCUT2D eigenvalue weighted by atomic mass is 9.84. The van der Waals surface area contributed by atoms with Crippen molar-refractivity contribution in [3.8, 4) is 5.75 Å². The first-order chi connectivity index (χ1) is 19.5. The molecule has 1 saturated heterocycles. The summed E-state index contributed by atoms with van der Waals surface area (Å²) in [7, 11) is 0. The minimum Gasteiger partial charge on any atom is -0.489 e. The monoisotopic (exact) mass is 561 g/mol. The fourth-order valence-electron chi connectivity index (χ4n) is 5.36. The van der Waals surface area contributed by atoms with E-state index in [-0.39, 0.29) is 24.4 Å². The van der Waals surface area contributed by atoms with Gasteiger partial charge in [-0.2, -0.15) is 0 Å². The van der Waals surface area contributed by atoms with Crippen LogP contribution in [0.5, 0.6) is 5.75 Å². The molecule has 1 saturated carbocycles. The predicted octanol–water partition coefficient (Wildman–Crippen LogP) is 5.38. The molecular formula is C30H35N5O4S. The number of benzene rings is 2. The Labute approximate surface area is 238 Å². The van der Waals surface area contributed by atoms with Gasteiger partial charge >= 0.3 is 6.03 Å². The third-order valence-electron chi connectivity index (χ3n) is 7.52. The minimum atomic E-state index is -0.576. The third-order valence-corrected chi connectivity index (χ3v) is 8.21. The maximum atomic E-state index is 13.3. The Balaban J connectivity index is 1.16. The van der Waals surface area contributed by atoms with Crippen molar-refractivity contribution >= 4 is 40.0 Å². The summed E-state index contributed by atoms with van der Waals surface area (Å²) < 4.78 is 5.81. The van der Waals surface area contributed by atoms with Crippen LogP contribution >= 0.6 is 11.3 Å². The van der Waals surface area contributed by atoms with Crippen molar-refractivity contribution in [2.24, 2.45) is 5.92 Å². The molecule has 1 aromatic heterocycles. The Kier molecular flexibility index (Phi) is 9.28. The average molecular weight is 562 g/mol. The molecule has 1 aliphatic heterocycles. The molecule has 0 bridgehead atoms. The van der Waals surface area contributed by atoms with E-state index < -0.39 is 6.04 Å². The number of hydrogen-bond acceptors (Lipinski definition) is 6. The number of ether oxygens (including phenoxy) is 1. The van der Waals surface area contributed by atoms with Gasteiger partial charge in [0.1, 0.15) is 24.9 Å². The molecule has 10 heteroatoms. The summed E-state index contributed by atoms with van der Waals surface area (Å²) in [4.78, 5) is 46.9. The summed E-state index contributed by atoms with van der Waals surface area (Å²) in [5.74, 6) is 0.683. The number of hydrogen-bond donors (Lipinski definition) is 2. The number of amides is 4. The van der Waals surface area contributed by atoms with Crippen molar-refractivity contribution in [2.45, 2.75) is 51.2 Å². The van der Waals surface area contributed by atoms with E-state index in [4.69, 9.17) is 4.74 Å². The van der Waals surface area contributed by atoms with Crippen LogP contribution in [0.4, 0.5) is 15.6 Å². The highest BCUT2D eigenvalue weighted by Gasteiger charge is 2.37. The second-order valence-electron chi connectivity index (χ2n) is 10.3. The lowest BCUT2D eigenvalue weighted by Gasteiger charge is -2.39. The SMILES string of the molecule is O=C(Nc1nccs1)C(CC1CCCCC1)N1CCN(C(=O)Nc2ccc(OCc3ccccc3)cc2)CC1=O. The van der Waals surface area contributed by atoms with Gasteiger partial charge in [-0.15, -0.1) is 11.3 Å². The van der Waals surface area contributed by atoms with Gasteiger partial charge in [0.05, 0.1) is 0 Å². The minimum absolute atomic E-state index is 0.0736. The molecule has 2 heterocycles. The largest absolute Gasteiger partial charge is 0.489 e. The van der Waals surface area contributed by atoms with Crippen LogP contribution in [0, 0.1) is 5.92 Å². The van der Waals surface area contributed by atoms with Crippen LogP contribution in [0.3, 0.4) is 0 Å². The van der Waals surface area contributed by atoms with Crippen molar-refractivity contribution in [3.63, 3.8) is 0 Å². The van der Waals surface area contributed by atoms with Crippen LogP contribution in [0.1, 0.15) is 44.1 Å². The first-order valence-corrected chi connectivity index (χ1v) is 14.8. The van der Waals surface area contributed by atoms with E-state index >= 15 is 0 Å². The summed E-state index contributed by atoms with van der Waals surface area (Å²) in [5, 5.41) is 8.09. The van der Waals surface area contributed by atoms with Crippen LogP contribution in [0.15, 0.2) is 66.2 Å². The normalized spacial score (nSPS) is 16.9. The molecule has 5 rings (SSSR count). The van der Waals surface area contributed by atoms with E-state index in [0.717, 1.165) is 31.2 Å². The van der Waals surface area contributed by atoms with Gasteiger partial charge in [-0.25, -0.2) is 9.78 Å². The summed E-state index contributed by atoms with van der Waals surface area (Å²) in [6.45, 7) is 1.04. The molecule has 210 valence electrons. The number of nitrogens with one attached hydrogen (secondary N) is 2. The second-order valence-corrected chi connectivity index (χ2v) is 11.2. The number of carbonyl (C=O) groups is 3. The standard InChI is InChI=1S/C30H35N5O4S/c36-27-20-34(30(38)32-24-11-13-25(14-12-24)39-21-23-9-5-2-6-10-23)16-17-35(27)26(19-22-7-3-1-4-8-22)28(37)33-29-31-15-18-40-29/h2,5-6,9-15,18,22,26H,1,3-4,7-8,16-17,19-21H2,(H,32,38)(H,31,33,37). The van der Waals surface area contributed by atoms with Gasteiger partial charge < -0.3 is 25.2 Å². The van der Waals surface area contributed by atoms with E-state index in [2.05, 4.69) is 15.6 Å². The fraction of sp³-hybridized carbons (Fsp3) is 0.400. The molecule has 4 amide bonds. The van der Waals surface area contributed by atoms with E-state index in [1.165, 1.54) is 22.7 Å². The summed E-state index contributed by atoms with van der Waals surface area (Å²) in [6.07, 6.45) is 7.98. The van der Waals surface area contributed by atoms with Crippen molar-refractivity contribution < 1.29 is 19.1 Å². The van der Waals surface area contributed by atoms with Crippen molar-refractivity contribution in [3.05, 3.63) is 71.7 Å². The van der Waals surface area contributed by atoms with Gasteiger partial charge in [-0.05, 0) is 42.2 Å². The van der Waals surface area contributed by atoms with Crippen molar-refractivity contribution in [1.82, 2.24) is 14.8 Å². The third kappa shape index (κ3) is 7.38. The van der Waals surface area contributed by atoms with Crippen LogP contribution in [0.25, 0.3) is 0 Å². The number of aromatic nitrogens is 1. The number of piperazine rings is 1. The first kappa shape index (κ1) is 27.6. The zero-order valence-electron chi connectivity index (χ0n) is 22.5. The molecule has 0 radical (unpaired) electrons. The first-order valence-electron chi connectivity index (χ1n) is 13.9. The van der Waals surface area contributed by atoms with Gasteiger partial charge in [0.2, 0.25) is 11.8 Å². The Morgan fingerprint density at radius 2 is 1.77 bits per heavy atom. The maximum Gasteiger partial charge on any atom is 0.322 e. The highest BCUT2D eigenvalue weighted by Crippen LogP contribution is 2.30. The highest BCUT2D eigenvalue weighted by molar-refractivity contribution is 7.13. The smallest absolute Gasteiger partial charge is 0.322 e. The quantitative estimate of drug-likeness (QED) is 0.365. The van der Waals surface area contributed by atoms with E-state index in [1.807, 2.05) is 30.3 Å². The maximum absolute atomic E-state index is 13.3. The number of nitrogens with zero attached hydrogens (tertiary/aromatic N) is 3. The van der Waals surface area contributed by atoms with E-state index in [0.29, 0.717) is 48.6 Å². The molecule has 2 N–H and O–H groups in total. The summed E-state index contributed by atoms with van der Waals surface area (Å²) in [5.41, 5.74) is 1.69. The van der Waals surface area contributed by atoms with Crippen LogP contribution < -0.4 is 15.4 Å². The van der Waals surface area contributed by atoms with Gasteiger partial charge in [0, 0.05) is 30.4 Å².